The summed E-state index contributed by atoms with van der Waals surface area (Å²) in [6, 6.07) is 68.3. The van der Waals surface area contributed by atoms with Crippen LogP contribution in [-0.2, 0) is 47.2 Å². The lowest BCUT2D eigenvalue weighted by Gasteiger charge is -2.33. The first-order valence-corrected chi connectivity index (χ1v) is 48.1. The van der Waals surface area contributed by atoms with Crippen LogP contribution in [0.15, 0.2) is 324 Å². The summed E-state index contributed by atoms with van der Waals surface area (Å²) in [6.07, 6.45) is 18.0. The molecule has 5 aliphatic rings. The molecule has 1 atom stereocenters. The maximum absolute atomic E-state index is 13.4. The second kappa shape index (κ2) is 42.5. The number of allylic oxidation sites excluding steroid dienone is 4. The number of nitrogens with zero attached hydrogens (tertiary/aromatic N) is 13. The first kappa shape index (κ1) is 92.8. The van der Waals surface area contributed by atoms with Crippen molar-refractivity contribution < 1.29 is 23.4 Å². The van der Waals surface area contributed by atoms with Gasteiger partial charge in [0.25, 0.3) is 5.91 Å². The second-order valence-corrected chi connectivity index (χ2v) is 38.0. The molecule has 5 aliphatic heterocycles. The SMILES string of the molecule is C=C1C/C(=C\c2cnn3c(NC4CCN(CC(C)C)CC4)cc(Nc4cccc(Cl)c4)nc23)C(=O)N1.C=C1NC(=O)C/C1=C\c1cnn2c(S(=O)Cc3ccccc3)cc(Nc3cccc(Cl)c3)nc12.C=C1NC(=O)C/C1=C\c1cnn2c(SCc3ccccc3)cc(-c3cccc(Cl)c3)nc12.C=C1NC(=O)C/C1=C\c1cnn2c(SCc3ccccc3)cc(Nc3cccc(Cl)c3)nc12. The fourth-order valence-electron chi connectivity index (χ4n) is 15.7. The Bertz CT molecular complexity index is 7290. The van der Waals surface area contributed by atoms with E-state index in [1.54, 1.807) is 71.0 Å². The number of carbonyl (C=O) groups is 4. The van der Waals surface area contributed by atoms with Crippen LogP contribution in [0.25, 0.3) is 58.2 Å². The molecule has 1 unspecified atom stereocenters. The van der Waals surface area contributed by atoms with Gasteiger partial charge in [-0.3, -0.25) is 23.4 Å². The molecule has 20 rings (SSSR count). The molecule has 7 aromatic carbocycles. The molecule has 0 aliphatic carbocycles. The molecule has 0 radical (unpaired) electrons. The quantitative estimate of drug-likeness (QED) is 0.0158. The Hall–Kier alpha value is -14.0. The number of hydrogen-bond donors (Lipinski definition) is 8. The average molecular weight is 1930 g/mol. The number of nitrogens with one attached hydrogen (secondary N) is 8. The predicted molar refractivity (Wildman–Crippen MR) is 543 cm³/mol. The highest BCUT2D eigenvalue weighted by molar-refractivity contribution is 7.98. The molecule has 8 aromatic heterocycles. The van der Waals surface area contributed by atoms with E-state index in [9.17, 15) is 23.4 Å². The molecule has 15 aromatic rings. The minimum atomic E-state index is -1.40. The van der Waals surface area contributed by atoms with Gasteiger partial charge in [-0.1, -0.05) is 208 Å². The zero-order valence-corrected chi connectivity index (χ0v) is 78.9. The van der Waals surface area contributed by atoms with Gasteiger partial charge < -0.3 is 47.4 Å². The number of hydrogen-bond acceptors (Lipinski definition) is 20. The third-order valence-electron chi connectivity index (χ3n) is 22.1. The minimum absolute atomic E-state index is 0.0515. The van der Waals surface area contributed by atoms with Crippen LogP contribution in [0.4, 0.5) is 40.3 Å². The Balaban J connectivity index is 0.000000125. The Kier molecular flexibility index (Phi) is 29.2. The zero-order valence-electron chi connectivity index (χ0n) is 73.4. The van der Waals surface area contributed by atoms with E-state index in [4.69, 9.17) is 66.3 Å². The van der Waals surface area contributed by atoms with Gasteiger partial charge in [0.1, 0.15) is 38.3 Å². The van der Waals surface area contributed by atoms with Crippen molar-refractivity contribution in [1.29, 1.82) is 0 Å². The van der Waals surface area contributed by atoms with Crippen molar-refractivity contribution in [2.75, 3.05) is 40.9 Å². The summed E-state index contributed by atoms with van der Waals surface area (Å²) >= 11 is 28.1. The van der Waals surface area contributed by atoms with E-state index in [0.29, 0.717) is 130 Å². The van der Waals surface area contributed by atoms with Crippen LogP contribution in [0.5, 0.6) is 0 Å². The fourth-order valence-corrected chi connectivity index (χ4v) is 19.6. The first-order valence-electron chi connectivity index (χ1n) is 43.3. The number of thioether (sulfide) groups is 2. The third kappa shape index (κ3) is 23.6. The third-order valence-corrected chi connectivity index (χ3v) is 26.5. The number of likely N-dealkylation sites (tertiary alicyclic amines) is 1. The van der Waals surface area contributed by atoms with Gasteiger partial charge in [-0.05, 0) is 149 Å². The number of rotatable bonds is 24. The monoisotopic (exact) mass is 1930 g/mol. The second-order valence-electron chi connectivity index (χ2n) is 32.9. The zero-order chi connectivity index (χ0) is 93.8. The molecular weight excluding hydrogens is 1840 g/mol. The average Bonchev–Trinajstić information content (AvgIpc) is 1.66. The smallest absolute Gasteiger partial charge is 0.251 e. The van der Waals surface area contributed by atoms with Crippen molar-refractivity contribution in [3.05, 3.63) is 368 Å². The molecule has 135 heavy (non-hydrogen) atoms. The molecule has 33 heteroatoms. The van der Waals surface area contributed by atoms with Crippen LogP contribution in [-0.4, -0.2) is 117 Å². The van der Waals surface area contributed by atoms with Gasteiger partial charge in [-0.2, -0.15) is 24.9 Å². The van der Waals surface area contributed by atoms with Crippen LogP contribution in [0.2, 0.25) is 20.1 Å². The van der Waals surface area contributed by atoms with Crippen molar-refractivity contribution in [2.24, 2.45) is 5.92 Å². The van der Waals surface area contributed by atoms with Crippen molar-refractivity contribution in [1.82, 2.24) is 84.6 Å². The molecule has 26 nitrogen and oxygen atoms in total. The Labute approximate surface area is 809 Å². The highest BCUT2D eigenvalue weighted by atomic mass is 35.5. The predicted octanol–water partition coefficient (Wildman–Crippen LogP) is 21.5. The van der Waals surface area contributed by atoms with E-state index in [-0.39, 0.29) is 30.0 Å². The molecule has 13 heterocycles. The molecule has 0 spiro atoms. The normalized spacial score (nSPS) is 16.0. The van der Waals surface area contributed by atoms with E-state index < -0.39 is 10.8 Å². The summed E-state index contributed by atoms with van der Waals surface area (Å²) in [5.41, 5.74) is 18.9. The van der Waals surface area contributed by atoms with Gasteiger partial charge in [0, 0.05) is 155 Å². The summed E-state index contributed by atoms with van der Waals surface area (Å²) in [6.45, 7) is 23.5. The minimum Gasteiger partial charge on any atom is -0.367 e. The number of aromatic nitrogens is 12. The molecule has 5 saturated heterocycles. The van der Waals surface area contributed by atoms with E-state index in [1.807, 2.05) is 208 Å². The van der Waals surface area contributed by atoms with Gasteiger partial charge in [-0.15, -0.1) is 23.5 Å². The van der Waals surface area contributed by atoms with Crippen LogP contribution in [0.1, 0.15) is 91.3 Å². The van der Waals surface area contributed by atoms with Crippen LogP contribution in [0, 0.1) is 5.92 Å². The highest BCUT2D eigenvalue weighted by Gasteiger charge is 2.28. The van der Waals surface area contributed by atoms with Gasteiger partial charge in [-0.25, -0.2) is 33.5 Å². The summed E-state index contributed by atoms with van der Waals surface area (Å²) in [5, 5.41) is 47.9. The largest absolute Gasteiger partial charge is 0.367 e. The van der Waals surface area contributed by atoms with Crippen molar-refractivity contribution in [3.8, 4) is 11.3 Å². The molecule has 8 N–H and O–H groups in total. The Morgan fingerprint density at radius 1 is 0.444 bits per heavy atom. The number of anilines is 7. The number of carbonyl (C=O) groups excluding carboxylic acids is 4. The van der Waals surface area contributed by atoms with E-state index >= 15 is 0 Å². The van der Waals surface area contributed by atoms with Crippen molar-refractivity contribution in [2.45, 2.75) is 90.8 Å². The topological polar surface area (TPSA) is 306 Å². The summed E-state index contributed by atoms with van der Waals surface area (Å²) in [4.78, 5) is 69.3. The molecule has 5 fully saturated rings. The van der Waals surface area contributed by atoms with Crippen LogP contribution in [0.3, 0.4) is 0 Å². The van der Waals surface area contributed by atoms with Gasteiger partial charge >= 0.3 is 0 Å². The maximum Gasteiger partial charge on any atom is 0.251 e. The fraction of sp³-hybridized carbons (Fsp3) is 0.157. The van der Waals surface area contributed by atoms with Crippen molar-refractivity contribution in [3.63, 3.8) is 0 Å². The summed E-state index contributed by atoms with van der Waals surface area (Å²) in [7, 11) is -1.40. The van der Waals surface area contributed by atoms with Crippen LogP contribution >= 0.6 is 69.9 Å². The van der Waals surface area contributed by atoms with Crippen LogP contribution < -0.4 is 42.5 Å². The number of benzene rings is 7. The lowest BCUT2D eigenvalue weighted by Crippen LogP contribution is -2.40. The number of amides is 4. The lowest BCUT2D eigenvalue weighted by molar-refractivity contribution is -0.119. The maximum atomic E-state index is 13.4. The number of fused-ring (bicyclic) bond motifs is 4. The van der Waals surface area contributed by atoms with E-state index in [0.717, 1.165) is 133 Å². The Morgan fingerprint density at radius 3 is 1.30 bits per heavy atom. The highest BCUT2D eigenvalue weighted by Crippen LogP contribution is 2.37. The van der Waals surface area contributed by atoms with E-state index in [1.165, 1.54) is 11.1 Å². The number of halogens is 4. The molecule has 0 bridgehead atoms. The van der Waals surface area contributed by atoms with E-state index in [2.05, 4.69) is 132 Å². The molecular formula is C102H91Cl4N21O5S3. The first-order chi connectivity index (χ1) is 65.4. The summed E-state index contributed by atoms with van der Waals surface area (Å²) < 4.78 is 20.5. The van der Waals surface area contributed by atoms with Gasteiger partial charge in [0.2, 0.25) is 17.7 Å². The standard InChI is InChI=1S/C27H32ClN7O.C25H20ClN5O2S.C25H20ClN5OS.C25H19ClN4OS/c1-17(2)16-34-9-7-22(8-10-34)32-25-14-24(31-23-6-4-5-21(28)13-23)33-26-20(15-29-35(25)26)12-19-11-18(3)30-27(19)36;1-16-18(11-23(32)28-16)10-19-14-27-31-24(34(33)15-17-6-3-2-4-7-17)13-22(30-25(19)31)29-21-9-5-8-20(26)12-21;1-16-18(11-23(32)28-16)10-19-14-27-31-24(33-15-17-6-3-2-4-7-17)13-22(30-25(19)31)29-21-9-5-8-20(26)12-21;1-16-19(12-23(31)28-16)10-20-14-27-30-24(32-15-17-6-3-2-4-7-17)13-22(29-25(20)30)18-8-5-9-21(26)11-18/h4-6,12-15,17,22,32H,3,7-11,16H2,1-2H3,(H,30,36)(H,31,33);2-10,12-14H,1,11,15H2,(H,28,32)(H,29,30);2-10,12-14H,1,11,15H2,(H,28,32)(H,29,30);2-11,13-14H,1,12,15H2,(H,28,31)/b19-12+;2*18-10+;19-10+. The van der Waals surface area contributed by atoms with Crippen molar-refractivity contribution >= 4 is 192 Å². The Morgan fingerprint density at radius 2 is 0.852 bits per heavy atom. The molecule has 0 saturated carbocycles. The lowest BCUT2D eigenvalue weighted by atomic mass is 10.0. The summed E-state index contributed by atoms with van der Waals surface area (Å²) in [5.74, 6) is 4.98. The molecule has 680 valence electrons. The molecule has 4 amide bonds. The van der Waals surface area contributed by atoms with Gasteiger partial charge in [0.15, 0.2) is 22.6 Å². The van der Waals surface area contributed by atoms with Gasteiger partial charge in [0.05, 0.1) is 66.3 Å². The number of piperidine rings is 1.